The summed E-state index contributed by atoms with van der Waals surface area (Å²) in [6.45, 7) is 5.37. The number of amides is 2. The smallest absolute Gasteiger partial charge is 0.414 e. The van der Waals surface area contributed by atoms with Crippen LogP contribution < -0.4 is 20.1 Å². The monoisotopic (exact) mass is 472 g/mol. The average Bonchev–Trinajstić information content (AvgIpc) is 2.69. The van der Waals surface area contributed by atoms with E-state index in [4.69, 9.17) is 9.47 Å². The van der Waals surface area contributed by atoms with Gasteiger partial charge in [-0.2, -0.15) is 0 Å². The number of methoxy groups -OCH3 is 1. The van der Waals surface area contributed by atoms with Crippen molar-refractivity contribution in [2.24, 2.45) is 0 Å². The minimum Gasteiger partial charge on any atom is -0.495 e. The van der Waals surface area contributed by atoms with E-state index < -0.39 is 6.09 Å². The van der Waals surface area contributed by atoms with Crippen LogP contribution in [0.2, 0.25) is 0 Å². The van der Waals surface area contributed by atoms with Crippen LogP contribution in [-0.2, 0) is 37.5 Å². The standard InChI is InChI=1S/C19H18N2O4.C2H6.CH3.Y/c1-12(22)20-11-21-19(23)25-18-15-9-5-3-7-13(15)17(24-2)14-8-4-6-10-16(14)18;1-2;;/h3-10H,11H2,1-2H3,(H,20,22)(H,21,23);1-2H3;1H3;/q;;-1;. The first-order valence-corrected chi connectivity index (χ1v) is 8.79. The van der Waals surface area contributed by atoms with Gasteiger partial charge in [0.15, 0.2) is 0 Å². The Morgan fingerprint density at radius 3 is 1.62 bits per heavy atom. The van der Waals surface area contributed by atoms with E-state index in [1.807, 2.05) is 62.4 Å². The van der Waals surface area contributed by atoms with Gasteiger partial charge in [0.25, 0.3) is 0 Å². The van der Waals surface area contributed by atoms with Crippen LogP contribution in [0.15, 0.2) is 48.5 Å². The number of hydrogen-bond donors (Lipinski definition) is 2. The third kappa shape index (κ3) is 6.41. The van der Waals surface area contributed by atoms with Crippen LogP contribution in [-0.4, -0.2) is 25.8 Å². The second-order valence-electron chi connectivity index (χ2n) is 5.43. The van der Waals surface area contributed by atoms with Crippen molar-refractivity contribution < 1.29 is 51.8 Å². The average molecular weight is 472 g/mol. The quantitative estimate of drug-likeness (QED) is 0.329. The first-order chi connectivity index (χ1) is 13.1. The Kier molecular flexibility index (Phi) is 12.1. The zero-order valence-corrected chi connectivity index (χ0v) is 20.4. The Balaban J connectivity index is 0.00000190. The number of carbonyl (C=O) groups is 2. The largest absolute Gasteiger partial charge is 0.495 e. The number of carbonyl (C=O) groups excluding carboxylic acids is 2. The van der Waals surface area contributed by atoms with Crippen molar-refractivity contribution in [1.82, 2.24) is 10.6 Å². The normalized spacial score (nSPS) is 9.24. The summed E-state index contributed by atoms with van der Waals surface area (Å²) in [5.41, 5.74) is 0. The number of hydrogen-bond acceptors (Lipinski definition) is 4. The summed E-state index contributed by atoms with van der Waals surface area (Å²) in [6.07, 6.45) is -0.644. The molecule has 0 aliphatic heterocycles. The molecule has 0 fully saturated rings. The van der Waals surface area contributed by atoms with Gasteiger partial charge in [-0.05, 0) is 0 Å². The van der Waals surface area contributed by atoms with E-state index >= 15 is 0 Å². The van der Waals surface area contributed by atoms with E-state index in [-0.39, 0.29) is 52.7 Å². The maximum atomic E-state index is 12.1. The topological polar surface area (TPSA) is 76.7 Å². The molecule has 7 heteroatoms. The second-order valence-corrected chi connectivity index (χ2v) is 5.43. The minimum atomic E-state index is -0.644. The number of nitrogens with one attached hydrogen (secondary N) is 2. The molecule has 2 amide bonds. The predicted octanol–water partition coefficient (Wildman–Crippen LogP) is 4.66. The maximum Gasteiger partial charge on any atom is 0.414 e. The van der Waals surface area contributed by atoms with E-state index in [1.165, 1.54) is 6.92 Å². The first kappa shape index (κ1) is 26.8. The van der Waals surface area contributed by atoms with Crippen molar-refractivity contribution in [3.8, 4) is 11.5 Å². The van der Waals surface area contributed by atoms with Gasteiger partial charge in [-0.25, -0.2) is 4.79 Å². The van der Waals surface area contributed by atoms with Crippen molar-refractivity contribution in [3.63, 3.8) is 0 Å². The van der Waals surface area contributed by atoms with Crippen molar-refractivity contribution in [2.45, 2.75) is 20.8 Å². The molecule has 0 heterocycles. The van der Waals surface area contributed by atoms with E-state index in [0.29, 0.717) is 5.75 Å². The zero-order valence-electron chi connectivity index (χ0n) is 17.5. The number of ether oxygens (including phenoxy) is 2. The van der Waals surface area contributed by atoms with Gasteiger partial charge in [0.2, 0.25) is 5.91 Å². The van der Waals surface area contributed by atoms with Gasteiger partial charge in [0.1, 0.15) is 11.5 Å². The molecule has 1 radical (unpaired) electrons. The van der Waals surface area contributed by atoms with Gasteiger partial charge in [-0.3, -0.25) is 4.79 Å². The summed E-state index contributed by atoms with van der Waals surface area (Å²) in [7, 11) is 1.62. The number of fused-ring (bicyclic) bond motifs is 2. The van der Waals surface area contributed by atoms with E-state index in [0.717, 1.165) is 27.3 Å². The van der Waals surface area contributed by atoms with Gasteiger partial charge in [-0.15, -0.1) is 0 Å². The summed E-state index contributed by atoms with van der Waals surface area (Å²) in [5, 5.41) is 8.23. The second kappa shape index (κ2) is 13.1. The Hall–Kier alpha value is -2.18. The number of rotatable bonds is 4. The van der Waals surface area contributed by atoms with Crippen LogP contribution in [0.1, 0.15) is 20.8 Å². The summed E-state index contributed by atoms with van der Waals surface area (Å²) in [4.78, 5) is 23.0. The van der Waals surface area contributed by atoms with Crippen LogP contribution in [0.25, 0.3) is 21.5 Å². The zero-order chi connectivity index (χ0) is 19.8. The van der Waals surface area contributed by atoms with Crippen molar-refractivity contribution >= 4 is 33.5 Å². The molecule has 0 unspecified atom stereocenters. The van der Waals surface area contributed by atoms with E-state index in [1.54, 1.807) is 7.11 Å². The van der Waals surface area contributed by atoms with E-state index in [2.05, 4.69) is 10.6 Å². The molecule has 29 heavy (non-hydrogen) atoms. The Labute approximate surface area is 197 Å². The summed E-state index contributed by atoms with van der Waals surface area (Å²) in [5.74, 6) is 0.949. The van der Waals surface area contributed by atoms with Gasteiger partial charge in [-0.1, -0.05) is 62.4 Å². The fraction of sp³-hybridized carbons (Fsp3) is 0.227. The van der Waals surface area contributed by atoms with Crippen LogP contribution in [0.4, 0.5) is 4.79 Å². The summed E-state index contributed by atoms with van der Waals surface area (Å²) < 4.78 is 11.2. The molecule has 0 bridgehead atoms. The SMILES string of the molecule is CC.COc1c2ccccc2c(OC(=O)NCNC(C)=O)c2ccccc12.[CH3-].[Y]. The van der Waals surface area contributed by atoms with Gasteiger partial charge >= 0.3 is 6.09 Å². The molecule has 3 rings (SSSR count). The van der Waals surface area contributed by atoms with Gasteiger partial charge in [0, 0.05) is 61.2 Å². The number of benzene rings is 3. The molecule has 3 aromatic rings. The third-order valence-electron chi connectivity index (χ3n) is 3.80. The molecule has 3 aromatic carbocycles. The van der Waals surface area contributed by atoms with Crippen LogP contribution in [0.3, 0.4) is 0 Å². The fourth-order valence-corrected chi connectivity index (χ4v) is 2.75. The Bertz CT molecular complexity index is 903. The molecule has 0 aliphatic rings. The molecule has 2 N–H and O–H groups in total. The predicted molar refractivity (Wildman–Crippen MR) is 114 cm³/mol. The maximum absolute atomic E-state index is 12.1. The summed E-state index contributed by atoms with van der Waals surface area (Å²) in [6, 6.07) is 15.1. The van der Waals surface area contributed by atoms with Crippen LogP contribution in [0, 0.1) is 7.43 Å². The first-order valence-electron chi connectivity index (χ1n) is 8.79. The van der Waals surface area contributed by atoms with Crippen molar-refractivity contribution in [1.29, 1.82) is 0 Å². The third-order valence-corrected chi connectivity index (χ3v) is 3.80. The van der Waals surface area contributed by atoms with Crippen LogP contribution >= 0.6 is 0 Å². The Morgan fingerprint density at radius 1 is 0.828 bits per heavy atom. The molecule has 153 valence electrons. The van der Waals surface area contributed by atoms with E-state index in [9.17, 15) is 9.59 Å². The molecule has 0 atom stereocenters. The summed E-state index contributed by atoms with van der Waals surface area (Å²) >= 11 is 0. The minimum absolute atomic E-state index is 0. The molecular weight excluding hydrogens is 445 g/mol. The molecule has 0 spiro atoms. The van der Waals surface area contributed by atoms with Crippen molar-refractivity contribution in [2.75, 3.05) is 13.8 Å². The van der Waals surface area contributed by atoms with Crippen LogP contribution in [0.5, 0.6) is 11.5 Å². The fourth-order valence-electron chi connectivity index (χ4n) is 2.75. The van der Waals surface area contributed by atoms with Gasteiger partial charge in [0.05, 0.1) is 13.8 Å². The molecule has 0 saturated carbocycles. The van der Waals surface area contributed by atoms with Crippen molar-refractivity contribution in [3.05, 3.63) is 56.0 Å². The molecular formula is C22H27N2O4Y-. The molecule has 6 nitrogen and oxygen atoms in total. The van der Waals surface area contributed by atoms with Gasteiger partial charge < -0.3 is 27.5 Å². The molecule has 0 aromatic heterocycles. The Morgan fingerprint density at radius 2 is 1.24 bits per heavy atom. The molecule has 0 saturated heterocycles. The molecule has 0 aliphatic carbocycles.